The Labute approximate surface area is 115 Å². The van der Waals surface area contributed by atoms with E-state index in [4.69, 9.17) is 0 Å². The minimum atomic E-state index is 0.0776. The van der Waals surface area contributed by atoms with Crippen LogP contribution in [0.2, 0.25) is 0 Å². The van der Waals surface area contributed by atoms with E-state index in [-0.39, 0.29) is 17.9 Å². The fourth-order valence-electron chi connectivity index (χ4n) is 2.61. The van der Waals surface area contributed by atoms with Gasteiger partial charge >= 0.3 is 0 Å². The van der Waals surface area contributed by atoms with Gasteiger partial charge in [0, 0.05) is 38.1 Å². The van der Waals surface area contributed by atoms with E-state index in [0.29, 0.717) is 12.5 Å². The molecule has 5 nitrogen and oxygen atoms in total. The molecule has 0 aromatic carbocycles. The molecule has 2 aliphatic rings. The number of carbonyl (C=O) groups excluding carboxylic acids is 2. The van der Waals surface area contributed by atoms with Crippen LogP contribution in [0.5, 0.6) is 0 Å². The van der Waals surface area contributed by atoms with Gasteiger partial charge in [-0.2, -0.15) is 0 Å². The fraction of sp³-hybridized carbons (Fsp3) is 0.857. The molecule has 5 heteroatoms. The molecule has 0 aromatic rings. The summed E-state index contributed by atoms with van der Waals surface area (Å²) in [5.41, 5.74) is 0. The molecule has 1 saturated carbocycles. The summed E-state index contributed by atoms with van der Waals surface area (Å²) >= 11 is 0. The highest BCUT2D eigenvalue weighted by molar-refractivity contribution is 5.80. The lowest BCUT2D eigenvalue weighted by Gasteiger charge is -2.38. The molecule has 108 valence electrons. The van der Waals surface area contributed by atoms with Crippen LogP contribution in [-0.4, -0.2) is 60.4 Å². The Bertz CT molecular complexity index is 332. The second kappa shape index (κ2) is 6.37. The van der Waals surface area contributed by atoms with Crippen molar-refractivity contribution in [2.24, 2.45) is 5.92 Å². The molecule has 19 heavy (non-hydrogen) atoms. The summed E-state index contributed by atoms with van der Waals surface area (Å²) in [5, 5.41) is 2.90. The van der Waals surface area contributed by atoms with Crippen LogP contribution in [0.15, 0.2) is 0 Å². The number of rotatable bonds is 4. The van der Waals surface area contributed by atoms with Crippen LogP contribution in [0.1, 0.15) is 33.1 Å². The highest BCUT2D eigenvalue weighted by Crippen LogP contribution is 2.28. The van der Waals surface area contributed by atoms with Gasteiger partial charge < -0.3 is 10.2 Å². The number of hydrogen-bond acceptors (Lipinski definition) is 3. The molecule has 0 unspecified atom stereocenters. The van der Waals surface area contributed by atoms with Gasteiger partial charge in [-0.05, 0) is 26.7 Å². The van der Waals surface area contributed by atoms with Crippen molar-refractivity contribution in [1.29, 1.82) is 0 Å². The number of piperazine rings is 1. The third-order valence-electron chi connectivity index (χ3n) is 3.96. The van der Waals surface area contributed by atoms with Crippen molar-refractivity contribution in [3.8, 4) is 0 Å². The number of hydrogen-bond donors (Lipinski definition) is 1. The molecule has 1 aliphatic carbocycles. The van der Waals surface area contributed by atoms with Crippen LogP contribution in [-0.2, 0) is 9.59 Å². The van der Waals surface area contributed by atoms with E-state index in [1.807, 2.05) is 18.7 Å². The highest BCUT2D eigenvalue weighted by atomic mass is 16.2. The van der Waals surface area contributed by atoms with Gasteiger partial charge in [0.2, 0.25) is 11.8 Å². The zero-order valence-electron chi connectivity index (χ0n) is 12.0. The molecule has 0 radical (unpaired) electrons. The average molecular weight is 267 g/mol. The number of nitrogens with zero attached hydrogens (tertiary/aromatic N) is 2. The Kier molecular flexibility index (Phi) is 4.80. The molecule has 1 aliphatic heterocycles. The topological polar surface area (TPSA) is 52.7 Å². The summed E-state index contributed by atoms with van der Waals surface area (Å²) in [4.78, 5) is 27.9. The van der Waals surface area contributed by atoms with Gasteiger partial charge in [0.05, 0.1) is 6.54 Å². The van der Waals surface area contributed by atoms with Crippen LogP contribution in [0.4, 0.5) is 0 Å². The largest absolute Gasteiger partial charge is 0.353 e. The van der Waals surface area contributed by atoms with Crippen molar-refractivity contribution in [1.82, 2.24) is 15.1 Å². The summed E-state index contributed by atoms with van der Waals surface area (Å²) in [6, 6.07) is 0.189. The van der Waals surface area contributed by atoms with E-state index in [9.17, 15) is 9.59 Å². The summed E-state index contributed by atoms with van der Waals surface area (Å²) in [6.45, 7) is 7.53. The van der Waals surface area contributed by atoms with E-state index in [2.05, 4.69) is 10.2 Å². The third kappa shape index (κ3) is 3.93. The maximum Gasteiger partial charge on any atom is 0.234 e. The van der Waals surface area contributed by atoms with Crippen LogP contribution in [0.25, 0.3) is 0 Å². The SMILES string of the molecule is CC(C)NC(=O)CN1CCN(C(=O)C2CCC2)CC1. The monoisotopic (exact) mass is 267 g/mol. The van der Waals surface area contributed by atoms with E-state index in [0.717, 1.165) is 39.0 Å². The summed E-state index contributed by atoms with van der Waals surface area (Å²) in [5.74, 6) is 0.696. The normalized spacial score (nSPS) is 21.3. The van der Waals surface area contributed by atoms with Gasteiger partial charge in [0.1, 0.15) is 0 Å². The quantitative estimate of drug-likeness (QED) is 0.805. The summed E-state index contributed by atoms with van der Waals surface area (Å²) < 4.78 is 0. The first-order chi connectivity index (χ1) is 9.06. The Hall–Kier alpha value is -1.10. The molecule has 0 bridgehead atoms. The molecule has 2 fully saturated rings. The molecule has 0 atom stereocenters. The molecule has 1 saturated heterocycles. The van der Waals surface area contributed by atoms with E-state index in [1.54, 1.807) is 0 Å². The Morgan fingerprint density at radius 2 is 1.79 bits per heavy atom. The van der Waals surface area contributed by atoms with Crippen molar-refractivity contribution in [2.75, 3.05) is 32.7 Å². The average Bonchev–Trinajstić information content (AvgIpc) is 2.26. The maximum absolute atomic E-state index is 12.1. The van der Waals surface area contributed by atoms with Gasteiger partial charge in [-0.1, -0.05) is 6.42 Å². The van der Waals surface area contributed by atoms with Gasteiger partial charge in [-0.15, -0.1) is 0 Å². The van der Waals surface area contributed by atoms with Gasteiger partial charge in [-0.3, -0.25) is 14.5 Å². The van der Waals surface area contributed by atoms with Gasteiger partial charge in [-0.25, -0.2) is 0 Å². The molecule has 0 aromatic heterocycles. The van der Waals surface area contributed by atoms with Gasteiger partial charge in [0.25, 0.3) is 0 Å². The lowest BCUT2D eigenvalue weighted by molar-refractivity contribution is -0.140. The second-order valence-electron chi connectivity index (χ2n) is 5.95. The Morgan fingerprint density at radius 3 is 2.26 bits per heavy atom. The smallest absolute Gasteiger partial charge is 0.234 e. The number of carbonyl (C=O) groups is 2. The van der Waals surface area contributed by atoms with Crippen molar-refractivity contribution in [3.63, 3.8) is 0 Å². The first-order valence-electron chi connectivity index (χ1n) is 7.37. The van der Waals surface area contributed by atoms with E-state index >= 15 is 0 Å². The molecule has 2 amide bonds. The zero-order chi connectivity index (χ0) is 13.8. The van der Waals surface area contributed by atoms with Crippen molar-refractivity contribution in [3.05, 3.63) is 0 Å². The highest BCUT2D eigenvalue weighted by Gasteiger charge is 2.31. The van der Waals surface area contributed by atoms with E-state index in [1.165, 1.54) is 6.42 Å². The molecule has 1 heterocycles. The Morgan fingerprint density at radius 1 is 1.16 bits per heavy atom. The third-order valence-corrected chi connectivity index (χ3v) is 3.96. The van der Waals surface area contributed by atoms with Crippen LogP contribution >= 0.6 is 0 Å². The zero-order valence-corrected chi connectivity index (χ0v) is 12.0. The summed E-state index contributed by atoms with van der Waals surface area (Å²) in [7, 11) is 0. The second-order valence-corrected chi connectivity index (χ2v) is 5.95. The van der Waals surface area contributed by atoms with Crippen molar-refractivity contribution < 1.29 is 9.59 Å². The first-order valence-corrected chi connectivity index (χ1v) is 7.37. The number of amides is 2. The predicted octanol–water partition coefficient (Wildman–Crippen LogP) is 0.455. The van der Waals surface area contributed by atoms with Crippen molar-refractivity contribution in [2.45, 2.75) is 39.2 Å². The molecular weight excluding hydrogens is 242 g/mol. The standard InChI is InChI=1S/C14H25N3O2/c1-11(2)15-13(18)10-16-6-8-17(9-7-16)14(19)12-4-3-5-12/h11-12H,3-10H2,1-2H3,(H,15,18). The predicted molar refractivity (Wildman–Crippen MR) is 73.6 cm³/mol. The first kappa shape index (κ1) is 14.3. The molecule has 0 spiro atoms. The van der Waals surface area contributed by atoms with Crippen LogP contribution in [0.3, 0.4) is 0 Å². The lowest BCUT2D eigenvalue weighted by Crippen LogP contribution is -2.53. The Balaban J connectivity index is 1.70. The minimum absolute atomic E-state index is 0.0776. The van der Waals surface area contributed by atoms with Crippen LogP contribution < -0.4 is 5.32 Å². The lowest BCUT2D eigenvalue weighted by atomic mass is 9.84. The fourth-order valence-corrected chi connectivity index (χ4v) is 2.61. The van der Waals surface area contributed by atoms with Gasteiger partial charge in [0.15, 0.2) is 0 Å². The van der Waals surface area contributed by atoms with Crippen molar-refractivity contribution >= 4 is 11.8 Å². The van der Waals surface area contributed by atoms with Crippen LogP contribution in [0, 0.1) is 5.92 Å². The summed E-state index contributed by atoms with van der Waals surface area (Å²) in [6.07, 6.45) is 3.33. The maximum atomic E-state index is 12.1. The molecule has 2 rings (SSSR count). The molecular formula is C14H25N3O2. The number of nitrogens with one attached hydrogen (secondary N) is 1. The van der Waals surface area contributed by atoms with E-state index < -0.39 is 0 Å². The molecule has 1 N–H and O–H groups in total. The minimum Gasteiger partial charge on any atom is -0.353 e.